The van der Waals surface area contributed by atoms with Crippen molar-refractivity contribution >= 4 is 16.8 Å². The topological polar surface area (TPSA) is 37.3 Å². The van der Waals surface area contributed by atoms with Crippen molar-refractivity contribution in [1.29, 1.82) is 0 Å². The van der Waals surface area contributed by atoms with E-state index in [0.29, 0.717) is 0 Å². The Morgan fingerprint density at radius 2 is 1.95 bits per heavy atom. The van der Waals surface area contributed by atoms with Crippen molar-refractivity contribution in [3.05, 3.63) is 35.5 Å². The maximum Gasteiger partial charge on any atom is 0.270 e. The Kier molecular flexibility index (Phi) is 3.03. The van der Waals surface area contributed by atoms with E-state index in [-0.39, 0.29) is 5.91 Å². The summed E-state index contributed by atoms with van der Waals surface area (Å²) in [5.41, 5.74) is 3.12. The fraction of sp³-hybridized carbons (Fsp3) is 0.400. The molecule has 1 fully saturated rings. The monoisotopic (exact) mass is 257 g/mol. The van der Waals surface area contributed by atoms with Crippen molar-refractivity contribution < 1.29 is 4.79 Å². The molecule has 2 heterocycles. The van der Waals surface area contributed by atoms with E-state index >= 15 is 0 Å². The summed E-state index contributed by atoms with van der Waals surface area (Å²) in [7, 11) is 1.97. The predicted molar refractivity (Wildman–Crippen MR) is 76.4 cm³/mol. The van der Waals surface area contributed by atoms with Crippen LogP contribution in [0.3, 0.4) is 0 Å². The van der Waals surface area contributed by atoms with Crippen molar-refractivity contribution in [2.75, 3.05) is 26.2 Å². The zero-order valence-corrected chi connectivity index (χ0v) is 11.4. The molecule has 1 saturated heterocycles. The second kappa shape index (κ2) is 4.70. The molecule has 4 heteroatoms. The van der Waals surface area contributed by atoms with Crippen molar-refractivity contribution in [3.63, 3.8) is 0 Å². The molecule has 0 bridgehead atoms. The minimum absolute atomic E-state index is 0.137. The SMILES string of the molecule is Cc1ccc2c(c1)cc(C(=O)N1CCNCC1)n2C. The van der Waals surface area contributed by atoms with Crippen LogP contribution in [0.1, 0.15) is 16.1 Å². The summed E-state index contributed by atoms with van der Waals surface area (Å²) in [6, 6.07) is 8.30. The number of carbonyl (C=O) groups is 1. The highest BCUT2D eigenvalue weighted by molar-refractivity contribution is 5.98. The number of piperazine rings is 1. The Labute approximate surface area is 113 Å². The summed E-state index contributed by atoms with van der Waals surface area (Å²) in [6.45, 7) is 5.42. The fourth-order valence-corrected chi connectivity index (χ4v) is 2.70. The molecule has 3 rings (SSSR count). The van der Waals surface area contributed by atoms with Crippen LogP contribution in [0, 0.1) is 6.92 Å². The van der Waals surface area contributed by atoms with E-state index in [1.165, 1.54) is 5.56 Å². The number of amides is 1. The second-order valence-electron chi connectivity index (χ2n) is 5.19. The van der Waals surface area contributed by atoms with Gasteiger partial charge < -0.3 is 14.8 Å². The van der Waals surface area contributed by atoms with Crippen molar-refractivity contribution in [2.24, 2.45) is 7.05 Å². The van der Waals surface area contributed by atoms with E-state index in [2.05, 4.69) is 30.4 Å². The zero-order chi connectivity index (χ0) is 13.4. The molecule has 1 aliphatic rings. The number of aromatic nitrogens is 1. The van der Waals surface area contributed by atoms with Gasteiger partial charge in [-0.25, -0.2) is 0 Å². The van der Waals surface area contributed by atoms with Gasteiger partial charge in [0.15, 0.2) is 0 Å². The normalized spacial score (nSPS) is 16.0. The third-order valence-electron chi connectivity index (χ3n) is 3.82. The van der Waals surface area contributed by atoms with E-state index in [1.54, 1.807) is 0 Å². The summed E-state index contributed by atoms with van der Waals surface area (Å²) >= 11 is 0. The van der Waals surface area contributed by atoms with Gasteiger partial charge in [-0.3, -0.25) is 4.79 Å². The summed E-state index contributed by atoms with van der Waals surface area (Å²) in [5, 5.41) is 4.41. The quantitative estimate of drug-likeness (QED) is 0.841. The van der Waals surface area contributed by atoms with Crippen molar-refractivity contribution in [1.82, 2.24) is 14.8 Å². The molecule has 0 atom stereocenters. The van der Waals surface area contributed by atoms with E-state index in [1.807, 2.05) is 22.6 Å². The average molecular weight is 257 g/mol. The Balaban J connectivity index is 2.00. The molecule has 1 N–H and O–H groups in total. The number of fused-ring (bicyclic) bond motifs is 1. The van der Waals surface area contributed by atoms with Crippen LogP contribution in [0.25, 0.3) is 10.9 Å². The third kappa shape index (κ3) is 2.12. The number of hydrogen-bond acceptors (Lipinski definition) is 2. The smallest absolute Gasteiger partial charge is 0.270 e. The van der Waals surface area contributed by atoms with Crippen molar-refractivity contribution in [3.8, 4) is 0 Å². The Morgan fingerprint density at radius 3 is 2.68 bits per heavy atom. The van der Waals surface area contributed by atoms with Gasteiger partial charge in [-0.15, -0.1) is 0 Å². The lowest BCUT2D eigenvalue weighted by Gasteiger charge is -2.27. The molecule has 0 unspecified atom stereocenters. The first kappa shape index (κ1) is 12.2. The molecule has 0 radical (unpaired) electrons. The molecular formula is C15H19N3O. The second-order valence-corrected chi connectivity index (χ2v) is 5.19. The Morgan fingerprint density at radius 1 is 1.21 bits per heavy atom. The molecule has 1 amide bonds. The van der Waals surface area contributed by atoms with Crippen LogP contribution in [0.15, 0.2) is 24.3 Å². The Bertz CT molecular complexity index is 624. The van der Waals surface area contributed by atoms with Gasteiger partial charge in [0.05, 0.1) is 0 Å². The molecule has 2 aromatic rings. The zero-order valence-electron chi connectivity index (χ0n) is 11.4. The van der Waals surface area contributed by atoms with Gasteiger partial charge >= 0.3 is 0 Å². The first-order valence-electron chi connectivity index (χ1n) is 6.73. The van der Waals surface area contributed by atoms with Gasteiger partial charge in [0, 0.05) is 44.1 Å². The van der Waals surface area contributed by atoms with Gasteiger partial charge in [0.2, 0.25) is 0 Å². The number of nitrogens with zero attached hydrogens (tertiary/aromatic N) is 2. The molecule has 0 spiro atoms. The number of nitrogens with one attached hydrogen (secondary N) is 1. The largest absolute Gasteiger partial charge is 0.340 e. The molecular weight excluding hydrogens is 238 g/mol. The van der Waals surface area contributed by atoms with Gasteiger partial charge in [-0.2, -0.15) is 0 Å². The minimum atomic E-state index is 0.137. The summed E-state index contributed by atoms with van der Waals surface area (Å²) in [6.07, 6.45) is 0. The standard InChI is InChI=1S/C15H19N3O/c1-11-3-4-13-12(9-11)10-14(17(13)2)15(19)18-7-5-16-6-8-18/h3-4,9-10,16H,5-8H2,1-2H3. The first-order valence-corrected chi connectivity index (χ1v) is 6.73. The van der Waals surface area contributed by atoms with Crippen LogP contribution in [0.2, 0.25) is 0 Å². The highest BCUT2D eigenvalue weighted by atomic mass is 16.2. The lowest BCUT2D eigenvalue weighted by molar-refractivity contribution is 0.0726. The number of aryl methyl sites for hydroxylation is 2. The summed E-state index contributed by atoms with van der Waals surface area (Å²) in [4.78, 5) is 14.5. The average Bonchev–Trinajstić information content (AvgIpc) is 2.75. The molecule has 4 nitrogen and oxygen atoms in total. The van der Waals surface area contributed by atoms with Crippen LogP contribution in [-0.2, 0) is 7.05 Å². The fourth-order valence-electron chi connectivity index (χ4n) is 2.70. The predicted octanol–water partition coefficient (Wildman–Crippen LogP) is 1.53. The molecule has 1 aliphatic heterocycles. The summed E-state index contributed by atoms with van der Waals surface area (Å²) < 4.78 is 2.00. The lowest BCUT2D eigenvalue weighted by atomic mass is 10.2. The number of benzene rings is 1. The number of rotatable bonds is 1. The third-order valence-corrected chi connectivity index (χ3v) is 3.82. The van der Waals surface area contributed by atoms with Gasteiger partial charge in [-0.1, -0.05) is 11.6 Å². The maximum absolute atomic E-state index is 12.6. The van der Waals surface area contributed by atoms with Crippen LogP contribution in [-0.4, -0.2) is 41.6 Å². The lowest BCUT2D eigenvalue weighted by Crippen LogP contribution is -2.46. The first-order chi connectivity index (χ1) is 9.16. The molecule has 0 aliphatic carbocycles. The van der Waals surface area contributed by atoms with Gasteiger partial charge in [0.25, 0.3) is 5.91 Å². The van der Waals surface area contributed by atoms with Crippen LogP contribution >= 0.6 is 0 Å². The van der Waals surface area contributed by atoms with E-state index < -0.39 is 0 Å². The van der Waals surface area contributed by atoms with Crippen LogP contribution in [0.5, 0.6) is 0 Å². The van der Waals surface area contributed by atoms with E-state index in [9.17, 15) is 4.79 Å². The maximum atomic E-state index is 12.6. The van der Waals surface area contributed by atoms with E-state index in [0.717, 1.165) is 42.8 Å². The molecule has 100 valence electrons. The van der Waals surface area contributed by atoms with Gasteiger partial charge in [0.1, 0.15) is 5.69 Å². The number of hydrogen-bond donors (Lipinski definition) is 1. The molecule has 0 saturated carbocycles. The highest BCUT2D eigenvalue weighted by Gasteiger charge is 2.21. The number of carbonyl (C=O) groups excluding carboxylic acids is 1. The van der Waals surface area contributed by atoms with Crippen molar-refractivity contribution in [2.45, 2.75) is 6.92 Å². The van der Waals surface area contributed by atoms with Gasteiger partial charge in [-0.05, 0) is 25.1 Å². The molecule has 1 aromatic heterocycles. The van der Waals surface area contributed by atoms with Crippen LogP contribution < -0.4 is 5.32 Å². The molecule has 19 heavy (non-hydrogen) atoms. The molecule has 1 aromatic carbocycles. The summed E-state index contributed by atoms with van der Waals surface area (Å²) in [5.74, 6) is 0.137. The van der Waals surface area contributed by atoms with Crippen LogP contribution in [0.4, 0.5) is 0 Å². The Hall–Kier alpha value is -1.81. The highest BCUT2D eigenvalue weighted by Crippen LogP contribution is 2.21. The van der Waals surface area contributed by atoms with E-state index in [4.69, 9.17) is 0 Å². The minimum Gasteiger partial charge on any atom is -0.340 e.